The Morgan fingerprint density at radius 1 is 1.23 bits per heavy atom. The summed E-state index contributed by atoms with van der Waals surface area (Å²) >= 11 is 0. The van der Waals surface area contributed by atoms with E-state index < -0.39 is 11.5 Å². The van der Waals surface area contributed by atoms with Gasteiger partial charge < -0.3 is 29.7 Å². The van der Waals surface area contributed by atoms with E-state index in [1.54, 1.807) is 13.1 Å². The van der Waals surface area contributed by atoms with Crippen LogP contribution in [0.1, 0.15) is 52.6 Å². The largest absolute Gasteiger partial charge is 0.440 e. The van der Waals surface area contributed by atoms with Crippen molar-refractivity contribution < 1.29 is 13.9 Å². The van der Waals surface area contributed by atoms with Gasteiger partial charge in [-0.15, -0.1) is 0 Å². The molecule has 2 aromatic heterocycles. The molecule has 0 aliphatic carbocycles. The quantitative estimate of drug-likeness (QED) is 0.377. The molecule has 0 spiro atoms. The summed E-state index contributed by atoms with van der Waals surface area (Å²) in [6, 6.07) is 11.8. The summed E-state index contributed by atoms with van der Waals surface area (Å²) < 4.78 is 13.0. The van der Waals surface area contributed by atoms with E-state index in [-0.39, 0.29) is 11.5 Å². The second-order valence-electron chi connectivity index (χ2n) is 10.9. The van der Waals surface area contributed by atoms with Crippen LogP contribution in [0, 0.1) is 24.2 Å². The molecule has 1 amide bonds. The topological polar surface area (TPSA) is 139 Å². The molecular weight excluding hydrogens is 508 g/mol. The van der Waals surface area contributed by atoms with E-state index in [4.69, 9.17) is 19.9 Å². The van der Waals surface area contributed by atoms with Crippen LogP contribution >= 0.6 is 0 Å². The number of fused-ring (bicyclic) bond motifs is 2. The van der Waals surface area contributed by atoms with Crippen molar-refractivity contribution in [1.29, 1.82) is 5.26 Å². The fraction of sp³-hybridized carbons (Fsp3) is 0.400. The van der Waals surface area contributed by atoms with Gasteiger partial charge in [0.2, 0.25) is 0 Å². The lowest BCUT2D eigenvalue weighted by Gasteiger charge is -2.34. The van der Waals surface area contributed by atoms with Crippen molar-refractivity contribution in [3.05, 3.63) is 63.3 Å². The van der Waals surface area contributed by atoms with Crippen LogP contribution in [-0.2, 0) is 11.8 Å². The maximum atomic E-state index is 13.4. The molecule has 0 radical (unpaired) electrons. The Morgan fingerprint density at radius 2 is 2.02 bits per heavy atom. The van der Waals surface area contributed by atoms with E-state index in [2.05, 4.69) is 11.4 Å². The standard InChI is InChI=1S/C30H32N6O4/c1-17-3-4-25-23(11-17)34-29(40-25)19-5-8-36(9-6-19)27-21-12-20(14-31)22(33-15-18-7-10-39-16-18)13-24(21)35(2)30(38)26(27)28(32)37/h3-4,11-13,18-19,33H,5-10,15-16H2,1-2H3,(H2,32,37). The predicted molar refractivity (Wildman–Crippen MR) is 153 cm³/mol. The van der Waals surface area contributed by atoms with Gasteiger partial charge in [0.15, 0.2) is 11.5 Å². The summed E-state index contributed by atoms with van der Waals surface area (Å²) in [4.78, 5) is 32.8. The number of ether oxygens (including phenoxy) is 1. The maximum Gasteiger partial charge on any atom is 0.265 e. The number of piperidine rings is 1. The Hall–Kier alpha value is -4.36. The molecule has 10 heteroatoms. The lowest BCUT2D eigenvalue weighted by atomic mass is 9.94. The number of nitrogens with two attached hydrogens (primary N) is 1. The van der Waals surface area contributed by atoms with E-state index >= 15 is 0 Å². The van der Waals surface area contributed by atoms with Gasteiger partial charge in [-0.05, 0) is 56.0 Å². The number of primary amides is 1. The smallest absolute Gasteiger partial charge is 0.265 e. The molecule has 3 N–H and O–H groups in total. The van der Waals surface area contributed by atoms with E-state index in [9.17, 15) is 14.9 Å². The average molecular weight is 541 g/mol. The minimum absolute atomic E-state index is 0.0570. The van der Waals surface area contributed by atoms with E-state index in [1.807, 2.05) is 36.1 Å². The number of aryl methyl sites for hydroxylation is 2. The molecule has 6 rings (SSSR count). The lowest BCUT2D eigenvalue weighted by molar-refractivity contribution is 0.0999. The van der Waals surface area contributed by atoms with Gasteiger partial charge in [0.05, 0.1) is 29.1 Å². The van der Waals surface area contributed by atoms with Gasteiger partial charge in [0.1, 0.15) is 17.1 Å². The van der Waals surface area contributed by atoms with E-state index in [0.717, 1.165) is 42.5 Å². The van der Waals surface area contributed by atoms with Crippen LogP contribution in [0.5, 0.6) is 0 Å². The molecule has 1 atom stereocenters. The number of amides is 1. The summed E-state index contributed by atoms with van der Waals surface area (Å²) in [6.45, 7) is 5.28. The zero-order valence-electron chi connectivity index (χ0n) is 22.7. The molecule has 2 saturated heterocycles. The first kappa shape index (κ1) is 25.9. The molecule has 10 nitrogen and oxygen atoms in total. The Bertz CT molecular complexity index is 1720. The molecule has 4 heterocycles. The van der Waals surface area contributed by atoms with Gasteiger partial charge in [-0.1, -0.05) is 6.07 Å². The number of carbonyl (C=O) groups excluding carboxylic acids is 1. The summed E-state index contributed by atoms with van der Waals surface area (Å²) in [6.07, 6.45) is 2.43. The first-order valence-electron chi connectivity index (χ1n) is 13.7. The number of benzene rings is 2. The molecule has 206 valence electrons. The molecule has 0 saturated carbocycles. The second kappa shape index (κ2) is 10.3. The Labute approximate surface area is 231 Å². The van der Waals surface area contributed by atoms with Gasteiger partial charge in [-0.25, -0.2) is 4.98 Å². The minimum Gasteiger partial charge on any atom is -0.440 e. The van der Waals surface area contributed by atoms with Crippen molar-refractivity contribution in [2.75, 3.05) is 43.1 Å². The van der Waals surface area contributed by atoms with Crippen molar-refractivity contribution in [2.45, 2.75) is 32.1 Å². The van der Waals surface area contributed by atoms with Gasteiger partial charge in [0, 0.05) is 50.5 Å². The second-order valence-corrected chi connectivity index (χ2v) is 10.9. The Kier molecular flexibility index (Phi) is 6.68. The highest BCUT2D eigenvalue weighted by molar-refractivity contribution is 6.08. The fourth-order valence-electron chi connectivity index (χ4n) is 5.94. The number of oxazole rings is 1. The number of carbonyl (C=O) groups is 1. The number of nitrogens with zero attached hydrogens (tertiary/aromatic N) is 4. The normalized spacial score (nSPS) is 17.9. The number of hydrogen-bond acceptors (Lipinski definition) is 8. The molecule has 2 aliphatic rings. The van der Waals surface area contributed by atoms with Crippen LogP contribution in [-0.4, -0.2) is 48.3 Å². The monoisotopic (exact) mass is 540 g/mol. The first-order chi connectivity index (χ1) is 19.3. The van der Waals surface area contributed by atoms with Crippen molar-refractivity contribution in [3.63, 3.8) is 0 Å². The van der Waals surface area contributed by atoms with Crippen molar-refractivity contribution in [3.8, 4) is 6.07 Å². The summed E-state index contributed by atoms with van der Waals surface area (Å²) in [5.74, 6) is 0.407. The number of nitrogens with one attached hydrogen (secondary N) is 1. The molecule has 40 heavy (non-hydrogen) atoms. The number of aromatic nitrogens is 2. The van der Waals surface area contributed by atoms with Crippen molar-refractivity contribution in [1.82, 2.24) is 9.55 Å². The van der Waals surface area contributed by atoms with Crippen LogP contribution in [0.3, 0.4) is 0 Å². The zero-order valence-corrected chi connectivity index (χ0v) is 22.7. The lowest BCUT2D eigenvalue weighted by Crippen LogP contribution is -2.38. The van der Waals surface area contributed by atoms with Gasteiger partial charge in [-0.3, -0.25) is 9.59 Å². The van der Waals surface area contributed by atoms with Crippen molar-refractivity contribution >= 4 is 39.3 Å². The van der Waals surface area contributed by atoms with Gasteiger partial charge >= 0.3 is 0 Å². The Balaban J connectivity index is 1.36. The molecule has 1 unspecified atom stereocenters. The third-order valence-corrected chi connectivity index (χ3v) is 8.20. The first-order valence-corrected chi connectivity index (χ1v) is 13.7. The third-order valence-electron chi connectivity index (χ3n) is 8.20. The van der Waals surface area contributed by atoms with E-state index in [1.165, 1.54) is 4.57 Å². The maximum absolute atomic E-state index is 13.4. The number of pyridine rings is 1. The number of anilines is 2. The van der Waals surface area contributed by atoms with Crippen LogP contribution in [0.15, 0.2) is 39.5 Å². The van der Waals surface area contributed by atoms with Crippen LogP contribution in [0.4, 0.5) is 11.4 Å². The van der Waals surface area contributed by atoms with Gasteiger partial charge in [0.25, 0.3) is 11.5 Å². The number of hydrogen-bond donors (Lipinski definition) is 2. The Morgan fingerprint density at radius 3 is 2.73 bits per heavy atom. The highest BCUT2D eigenvalue weighted by atomic mass is 16.5. The van der Waals surface area contributed by atoms with E-state index in [0.29, 0.717) is 65.9 Å². The number of rotatable bonds is 6. The van der Waals surface area contributed by atoms with Gasteiger partial charge in [-0.2, -0.15) is 5.26 Å². The molecule has 0 bridgehead atoms. The fourth-order valence-corrected chi connectivity index (χ4v) is 5.94. The number of nitriles is 1. The van der Waals surface area contributed by atoms with Crippen LogP contribution in [0.2, 0.25) is 0 Å². The molecule has 2 aromatic carbocycles. The average Bonchev–Trinajstić information content (AvgIpc) is 3.63. The van der Waals surface area contributed by atoms with Crippen LogP contribution in [0.25, 0.3) is 22.0 Å². The van der Waals surface area contributed by atoms with Crippen molar-refractivity contribution in [2.24, 2.45) is 18.7 Å². The summed E-state index contributed by atoms with van der Waals surface area (Å²) in [5, 5.41) is 14.0. The third kappa shape index (κ3) is 4.56. The molecule has 2 fully saturated rings. The minimum atomic E-state index is -0.782. The molecule has 2 aliphatic heterocycles. The summed E-state index contributed by atoms with van der Waals surface area (Å²) in [7, 11) is 1.63. The SMILES string of the molecule is Cc1ccc2oc(C3CCN(c4c(C(N)=O)c(=O)n(C)c5cc(NCC6CCOC6)c(C#N)cc45)CC3)nc2c1. The summed E-state index contributed by atoms with van der Waals surface area (Å²) in [5.41, 5.74) is 10.2. The highest BCUT2D eigenvalue weighted by Gasteiger charge is 2.30. The molecular formula is C30H32N6O4. The highest BCUT2D eigenvalue weighted by Crippen LogP contribution is 2.37. The predicted octanol–water partition coefficient (Wildman–Crippen LogP) is 3.79. The zero-order chi connectivity index (χ0) is 28.0. The molecule has 4 aromatic rings. The van der Waals surface area contributed by atoms with Crippen LogP contribution < -0.4 is 21.5 Å².